The Labute approximate surface area is 109 Å². The van der Waals surface area contributed by atoms with Crippen molar-refractivity contribution in [1.29, 1.82) is 0 Å². The maximum absolute atomic E-state index is 11.9. The van der Waals surface area contributed by atoms with Crippen LogP contribution in [0.25, 0.3) is 0 Å². The molecule has 2 atom stereocenters. The van der Waals surface area contributed by atoms with Gasteiger partial charge in [0.2, 0.25) is 5.91 Å². The Morgan fingerprint density at radius 3 is 2.94 bits per heavy atom. The molecule has 0 spiro atoms. The Morgan fingerprint density at radius 1 is 1.50 bits per heavy atom. The largest absolute Gasteiger partial charge is 0.350 e. The summed E-state index contributed by atoms with van der Waals surface area (Å²) in [5.74, 6) is 0.144. The quantitative estimate of drug-likeness (QED) is 0.856. The van der Waals surface area contributed by atoms with Crippen molar-refractivity contribution in [1.82, 2.24) is 10.6 Å². The Kier molecular flexibility index (Phi) is 4.37. The molecule has 1 aliphatic heterocycles. The third-order valence-electron chi connectivity index (χ3n) is 3.63. The van der Waals surface area contributed by atoms with Crippen molar-refractivity contribution in [3.05, 3.63) is 35.4 Å². The van der Waals surface area contributed by atoms with Crippen LogP contribution in [0.2, 0.25) is 0 Å². The summed E-state index contributed by atoms with van der Waals surface area (Å²) in [4.78, 5) is 11.9. The van der Waals surface area contributed by atoms with E-state index < -0.39 is 0 Å². The summed E-state index contributed by atoms with van der Waals surface area (Å²) in [6.07, 6.45) is 2.90. The molecule has 18 heavy (non-hydrogen) atoms. The first kappa shape index (κ1) is 13.1. The number of rotatable bonds is 4. The molecule has 1 fully saturated rings. The molecule has 3 nitrogen and oxygen atoms in total. The highest BCUT2D eigenvalue weighted by Crippen LogP contribution is 2.17. The first-order valence-corrected chi connectivity index (χ1v) is 6.75. The second-order valence-corrected chi connectivity index (χ2v) is 5.14. The molecule has 2 N–H and O–H groups in total. The van der Waals surface area contributed by atoms with E-state index in [9.17, 15) is 4.79 Å². The number of carbonyl (C=O) groups excluding carboxylic acids is 1. The molecule has 0 aliphatic carbocycles. The van der Waals surface area contributed by atoms with Crippen molar-refractivity contribution in [2.45, 2.75) is 45.2 Å². The zero-order valence-electron chi connectivity index (χ0n) is 11.2. The number of amides is 1. The van der Waals surface area contributed by atoms with Gasteiger partial charge in [0.25, 0.3) is 0 Å². The molecule has 1 aliphatic rings. The molecule has 2 unspecified atom stereocenters. The number of benzene rings is 1. The van der Waals surface area contributed by atoms with Gasteiger partial charge in [0, 0.05) is 12.5 Å². The van der Waals surface area contributed by atoms with Gasteiger partial charge in [0.15, 0.2) is 0 Å². The zero-order chi connectivity index (χ0) is 13.0. The van der Waals surface area contributed by atoms with Crippen LogP contribution in [0.15, 0.2) is 24.3 Å². The number of carbonyl (C=O) groups is 1. The van der Waals surface area contributed by atoms with Gasteiger partial charge in [-0.25, -0.2) is 0 Å². The molecule has 1 aromatic rings. The standard InChI is InChI=1S/C15H22N2O/c1-11-6-3-4-8-14(11)12(2)17-15(18)10-13-7-5-9-16-13/h3-4,6,8,12-13,16H,5,7,9-10H2,1-2H3,(H,17,18). The summed E-state index contributed by atoms with van der Waals surface area (Å²) in [5, 5.41) is 6.44. The van der Waals surface area contributed by atoms with Crippen molar-refractivity contribution < 1.29 is 4.79 Å². The van der Waals surface area contributed by atoms with Crippen LogP contribution in [0.4, 0.5) is 0 Å². The summed E-state index contributed by atoms with van der Waals surface area (Å²) in [6.45, 7) is 5.17. The van der Waals surface area contributed by atoms with Crippen LogP contribution in [0, 0.1) is 6.92 Å². The van der Waals surface area contributed by atoms with Crippen LogP contribution in [0.5, 0.6) is 0 Å². The number of nitrogens with one attached hydrogen (secondary N) is 2. The SMILES string of the molecule is Cc1ccccc1C(C)NC(=O)CC1CCCN1. The molecule has 1 amide bonds. The number of hydrogen-bond acceptors (Lipinski definition) is 2. The van der Waals surface area contributed by atoms with E-state index in [-0.39, 0.29) is 11.9 Å². The van der Waals surface area contributed by atoms with Gasteiger partial charge in [0.1, 0.15) is 0 Å². The first-order chi connectivity index (χ1) is 8.66. The highest BCUT2D eigenvalue weighted by Gasteiger charge is 2.19. The van der Waals surface area contributed by atoms with Gasteiger partial charge in [-0.2, -0.15) is 0 Å². The summed E-state index contributed by atoms with van der Waals surface area (Å²) < 4.78 is 0. The fraction of sp³-hybridized carbons (Fsp3) is 0.533. The van der Waals surface area contributed by atoms with Crippen molar-refractivity contribution in [2.24, 2.45) is 0 Å². The van der Waals surface area contributed by atoms with E-state index in [0.29, 0.717) is 12.5 Å². The molecule has 1 aromatic carbocycles. The average molecular weight is 246 g/mol. The monoisotopic (exact) mass is 246 g/mol. The van der Waals surface area contributed by atoms with Crippen LogP contribution < -0.4 is 10.6 Å². The van der Waals surface area contributed by atoms with E-state index >= 15 is 0 Å². The topological polar surface area (TPSA) is 41.1 Å². The highest BCUT2D eigenvalue weighted by molar-refractivity contribution is 5.77. The fourth-order valence-electron chi connectivity index (χ4n) is 2.61. The summed E-state index contributed by atoms with van der Waals surface area (Å²) in [5.41, 5.74) is 2.43. The minimum Gasteiger partial charge on any atom is -0.350 e. The van der Waals surface area contributed by atoms with Crippen LogP contribution >= 0.6 is 0 Å². The van der Waals surface area contributed by atoms with Crippen molar-refractivity contribution in [3.8, 4) is 0 Å². The molecular formula is C15H22N2O. The molecule has 1 saturated heterocycles. The molecule has 2 rings (SSSR count). The molecule has 0 saturated carbocycles. The van der Waals surface area contributed by atoms with E-state index in [1.807, 2.05) is 19.1 Å². The van der Waals surface area contributed by atoms with Gasteiger partial charge in [-0.15, -0.1) is 0 Å². The van der Waals surface area contributed by atoms with E-state index in [4.69, 9.17) is 0 Å². The minimum atomic E-state index is 0.0834. The second kappa shape index (κ2) is 6.01. The van der Waals surface area contributed by atoms with Gasteiger partial charge in [0.05, 0.1) is 6.04 Å². The Bertz CT molecular complexity index is 411. The lowest BCUT2D eigenvalue weighted by molar-refractivity contribution is -0.122. The van der Waals surface area contributed by atoms with Crippen molar-refractivity contribution in [3.63, 3.8) is 0 Å². The molecule has 0 bridgehead atoms. The van der Waals surface area contributed by atoms with Crippen LogP contribution in [0.1, 0.15) is 43.4 Å². The molecule has 3 heteroatoms. The number of hydrogen-bond donors (Lipinski definition) is 2. The molecule has 1 heterocycles. The third kappa shape index (κ3) is 3.33. The smallest absolute Gasteiger partial charge is 0.222 e. The van der Waals surface area contributed by atoms with E-state index in [0.717, 1.165) is 13.0 Å². The lowest BCUT2D eigenvalue weighted by Crippen LogP contribution is -2.33. The first-order valence-electron chi connectivity index (χ1n) is 6.75. The van der Waals surface area contributed by atoms with E-state index in [2.05, 4.69) is 29.7 Å². The van der Waals surface area contributed by atoms with Gasteiger partial charge < -0.3 is 10.6 Å². The average Bonchev–Trinajstić information content (AvgIpc) is 2.82. The predicted molar refractivity (Wildman–Crippen MR) is 73.4 cm³/mol. The third-order valence-corrected chi connectivity index (χ3v) is 3.63. The normalized spacial score (nSPS) is 20.7. The van der Waals surface area contributed by atoms with Gasteiger partial charge >= 0.3 is 0 Å². The van der Waals surface area contributed by atoms with Crippen molar-refractivity contribution in [2.75, 3.05) is 6.54 Å². The Balaban J connectivity index is 1.88. The van der Waals surface area contributed by atoms with Crippen LogP contribution in [-0.4, -0.2) is 18.5 Å². The molecular weight excluding hydrogens is 224 g/mol. The zero-order valence-corrected chi connectivity index (χ0v) is 11.2. The minimum absolute atomic E-state index is 0.0834. The lowest BCUT2D eigenvalue weighted by Gasteiger charge is -2.18. The van der Waals surface area contributed by atoms with E-state index in [1.54, 1.807) is 0 Å². The maximum atomic E-state index is 11.9. The van der Waals surface area contributed by atoms with Crippen LogP contribution in [0.3, 0.4) is 0 Å². The van der Waals surface area contributed by atoms with Crippen molar-refractivity contribution >= 4 is 5.91 Å². The second-order valence-electron chi connectivity index (χ2n) is 5.14. The Hall–Kier alpha value is -1.35. The van der Waals surface area contributed by atoms with Gasteiger partial charge in [-0.1, -0.05) is 24.3 Å². The molecule has 98 valence electrons. The summed E-state index contributed by atoms with van der Waals surface area (Å²) in [6, 6.07) is 8.65. The predicted octanol–water partition coefficient (Wildman–Crippen LogP) is 2.31. The summed E-state index contributed by atoms with van der Waals surface area (Å²) >= 11 is 0. The molecule has 0 aromatic heterocycles. The highest BCUT2D eigenvalue weighted by atomic mass is 16.1. The van der Waals surface area contributed by atoms with Crippen LogP contribution in [-0.2, 0) is 4.79 Å². The summed E-state index contributed by atoms with van der Waals surface area (Å²) in [7, 11) is 0. The van der Waals surface area contributed by atoms with Gasteiger partial charge in [-0.3, -0.25) is 4.79 Å². The van der Waals surface area contributed by atoms with Gasteiger partial charge in [-0.05, 0) is 44.4 Å². The lowest BCUT2D eigenvalue weighted by atomic mass is 10.0. The Morgan fingerprint density at radius 2 is 2.28 bits per heavy atom. The maximum Gasteiger partial charge on any atom is 0.222 e. The fourth-order valence-corrected chi connectivity index (χ4v) is 2.61. The van der Waals surface area contributed by atoms with E-state index in [1.165, 1.54) is 17.5 Å². The molecule has 0 radical (unpaired) electrons. The number of aryl methyl sites for hydroxylation is 1.